The summed E-state index contributed by atoms with van der Waals surface area (Å²) in [6.07, 6.45) is 0. The van der Waals surface area contributed by atoms with E-state index in [4.69, 9.17) is 0 Å². The molecule has 4 nitrogen and oxygen atoms in total. The summed E-state index contributed by atoms with van der Waals surface area (Å²) in [6, 6.07) is 5.37. The Bertz CT molecular complexity index is 577. The smallest absolute Gasteiger partial charge is 0.244 e. The van der Waals surface area contributed by atoms with Gasteiger partial charge in [0, 0.05) is 34.6 Å². The molecule has 1 aliphatic rings. The summed E-state index contributed by atoms with van der Waals surface area (Å²) < 4.78 is 28.3. The summed E-state index contributed by atoms with van der Waals surface area (Å²) in [7, 11) is -1.41. The van der Waals surface area contributed by atoms with Crippen molar-refractivity contribution >= 4 is 41.9 Å². The lowest BCUT2D eigenvalue weighted by atomic mass is 10.2. The molecule has 1 fully saturated rings. The van der Waals surface area contributed by atoms with Crippen molar-refractivity contribution in [3.8, 4) is 0 Å². The van der Waals surface area contributed by atoms with Crippen molar-refractivity contribution in [2.24, 2.45) is 0 Å². The Morgan fingerprint density at radius 1 is 1.26 bits per heavy atom. The van der Waals surface area contributed by atoms with E-state index in [1.807, 2.05) is 14.0 Å². The Labute approximate surface area is 131 Å². The van der Waals surface area contributed by atoms with Crippen LogP contribution < -0.4 is 0 Å². The summed E-state index contributed by atoms with van der Waals surface area (Å²) in [5.74, 6) is 0. The van der Waals surface area contributed by atoms with E-state index in [1.54, 1.807) is 22.5 Å². The van der Waals surface area contributed by atoms with Crippen LogP contribution in [-0.4, -0.2) is 50.3 Å². The number of likely N-dealkylation sites (N-methyl/N-ethyl adjacent to an activating group) is 1. The molecule has 1 aliphatic heterocycles. The van der Waals surface area contributed by atoms with E-state index in [-0.39, 0.29) is 6.04 Å². The van der Waals surface area contributed by atoms with Gasteiger partial charge >= 0.3 is 0 Å². The summed E-state index contributed by atoms with van der Waals surface area (Å²) in [5, 5.41) is 0. The van der Waals surface area contributed by atoms with E-state index < -0.39 is 10.0 Å². The van der Waals surface area contributed by atoms with Crippen LogP contribution in [0.3, 0.4) is 0 Å². The summed E-state index contributed by atoms with van der Waals surface area (Å²) >= 11 is 6.66. The molecule has 1 saturated heterocycles. The Morgan fingerprint density at radius 2 is 1.95 bits per heavy atom. The standard InChI is InChI=1S/C12H16Br2N2O2S/c1-9-8-16(6-5-15(9)2)19(17,18)12-4-3-10(13)7-11(12)14/h3-4,7,9H,5-6,8H2,1-2H3. The average molecular weight is 412 g/mol. The molecule has 0 saturated carbocycles. The molecule has 0 aliphatic carbocycles. The molecule has 1 unspecified atom stereocenters. The zero-order valence-electron chi connectivity index (χ0n) is 10.8. The van der Waals surface area contributed by atoms with Crippen LogP contribution in [0.15, 0.2) is 32.0 Å². The number of hydrogen-bond donors (Lipinski definition) is 0. The fraction of sp³-hybridized carbons (Fsp3) is 0.500. The van der Waals surface area contributed by atoms with E-state index in [9.17, 15) is 8.42 Å². The lowest BCUT2D eigenvalue weighted by Crippen LogP contribution is -2.51. The third-order valence-electron chi connectivity index (χ3n) is 3.43. The molecule has 1 atom stereocenters. The van der Waals surface area contributed by atoms with Crippen LogP contribution in [0.5, 0.6) is 0 Å². The first kappa shape index (κ1) is 15.4. The normalized spacial score (nSPS) is 22.6. The maximum atomic E-state index is 12.6. The van der Waals surface area contributed by atoms with Crippen LogP contribution in [0, 0.1) is 0 Å². The number of rotatable bonds is 2. The van der Waals surface area contributed by atoms with Crippen LogP contribution in [-0.2, 0) is 10.0 Å². The molecule has 19 heavy (non-hydrogen) atoms. The molecule has 0 bridgehead atoms. The Morgan fingerprint density at radius 3 is 2.53 bits per heavy atom. The summed E-state index contributed by atoms with van der Waals surface area (Å²) in [4.78, 5) is 2.50. The monoisotopic (exact) mass is 410 g/mol. The highest BCUT2D eigenvalue weighted by Gasteiger charge is 2.31. The lowest BCUT2D eigenvalue weighted by Gasteiger charge is -2.36. The molecule has 0 N–H and O–H groups in total. The van der Waals surface area contributed by atoms with Gasteiger partial charge in [-0.3, -0.25) is 0 Å². The predicted molar refractivity (Wildman–Crippen MR) is 82.7 cm³/mol. The van der Waals surface area contributed by atoms with Crippen molar-refractivity contribution in [3.05, 3.63) is 27.1 Å². The highest BCUT2D eigenvalue weighted by atomic mass is 79.9. The predicted octanol–water partition coefficient (Wildman–Crippen LogP) is 2.54. The van der Waals surface area contributed by atoms with Gasteiger partial charge in [0.25, 0.3) is 0 Å². The minimum atomic E-state index is -3.43. The molecule has 1 aromatic carbocycles. The zero-order valence-corrected chi connectivity index (χ0v) is 14.8. The van der Waals surface area contributed by atoms with Crippen LogP contribution >= 0.6 is 31.9 Å². The molecular weight excluding hydrogens is 396 g/mol. The van der Waals surface area contributed by atoms with Gasteiger partial charge in [-0.15, -0.1) is 0 Å². The molecule has 1 heterocycles. The fourth-order valence-corrected chi connectivity index (χ4v) is 5.28. The van der Waals surface area contributed by atoms with Crippen LogP contribution in [0.4, 0.5) is 0 Å². The van der Waals surface area contributed by atoms with Gasteiger partial charge in [0.1, 0.15) is 0 Å². The van der Waals surface area contributed by atoms with Crippen LogP contribution in [0.25, 0.3) is 0 Å². The van der Waals surface area contributed by atoms with E-state index in [0.717, 1.165) is 11.0 Å². The van der Waals surface area contributed by atoms with Gasteiger partial charge in [-0.25, -0.2) is 8.42 Å². The summed E-state index contributed by atoms with van der Waals surface area (Å²) in [6.45, 7) is 3.86. The molecule has 0 radical (unpaired) electrons. The van der Waals surface area contributed by atoms with Gasteiger partial charge in [0.15, 0.2) is 0 Å². The Hall–Kier alpha value is 0.0500. The number of sulfonamides is 1. The minimum absolute atomic E-state index is 0.234. The van der Waals surface area contributed by atoms with Gasteiger partial charge in [-0.1, -0.05) is 15.9 Å². The fourth-order valence-electron chi connectivity index (χ4n) is 2.06. The number of nitrogens with zero attached hydrogens (tertiary/aromatic N) is 2. The van der Waals surface area contributed by atoms with Gasteiger partial charge in [-0.05, 0) is 48.1 Å². The van der Waals surface area contributed by atoms with Crippen LogP contribution in [0.2, 0.25) is 0 Å². The minimum Gasteiger partial charge on any atom is -0.301 e. The van der Waals surface area contributed by atoms with E-state index in [0.29, 0.717) is 22.5 Å². The van der Waals surface area contributed by atoms with E-state index in [2.05, 4.69) is 36.8 Å². The number of piperazine rings is 1. The maximum Gasteiger partial charge on any atom is 0.244 e. The summed E-state index contributed by atoms with van der Waals surface area (Å²) in [5.41, 5.74) is 0. The molecular formula is C12H16Br2N2O2S. The average Bonchev–Trinajstić information content (AvgIpc) is 2.32. The van der Waals surface area contributed by atoms with Gasteiger partial charge in [0.05, 0.1) is 4.90 Å². The van der Waals surface area contributed by atoms with Crippen molar-refractivity contribution in [1.29, 1.82) is 0 Å². The molecule has 1 aromatic rings. The lowest BCUT2D eigenvalue weighted by molar-refractivity contribution is 0.159. The second-order valence-electron chi connectivity index (χ2n) is 4.77. The third kappa shape index (κ3) is 3.21. The molecule has 2 rings (SSSR count). The van der Waals surface area contributed by atoms with Crippen LogP contribution in [0.1, 0.15) is 6.92 Å². The Kier molecular flexibility index (Phi) is 4.72. The van der Waals surface area contributed by atoms with Crippen molar-refractivity contribution in [3.63, 3.8) is 0 Å². The topological polar surface area (TPSA) is 40.6 Å². The molecule has 7 heteroatoms. The van der Waals surface area contributed by atoms with Crippen molar-refractivity contribution in [2.75, 3.05) is 26.7 Å². The largest absolute Gasteiger partial charge is 0.301 e. The van der Waals surface area contributed by atoms with Crippen molar-refractivity contribution < 1.29 is 8.42 Å². The van der Waals surface area contributed by atoms with Crippen molar-refractivity contribution in [1.82, 2.24) is 9.21 Å². The third-order valence-corrected chi connectivity index (χ3v) is 6.77. The molecule has 106 valence electrons. The highest BCUT2D eigenvalue weighted by Crippen LogP contribution is 2.29. The first-order chi connectivity index (χ1) is 8.82. The zero-order chi connectivity index (χ0) is 14.2. The number of hydrogen-bond acceptors (Lipinski definition) is 3. The quantitative estimate of drug-likeness (QED) is 0.750. The number of halogens is 2. The highest BCUT2D eigenvalue weighted by molar-refractivity contribution is 9.11. The molecule has 0 spiro atoms. The first-order valence-corrected chi connectivity index (χ1v) is 9.00. The first-order valence-electron chi connectivity index (χ1n) is 5.98. The second-order valence-corrected chi connectivity index (χ2v) is 8.44. The Balaban J connectivity index is 2.32. The van der Waals surface area contributed by atoms with Gasteiger partial charge in [-0.2, -0.15) is 4.31 Å². The van der Waals surface area contributed by atoms with Gasteiger partial charge < -0.3 is 4.90 Å². The molecule has 0 amide bonds. The SMILES string of the molecule is CC1CN(S(=O)(=O)c2ccc(Br)cc2Br)CCN1C. The molecule has 0 aromatic heterocycles. The maximum absolute atomic E-state index is 12.6. The second kappa shape index (κ2) is 5.81. The van der Waals surface area contributed by atoms with E-state index in [1.165, 1.54) is 0 Å². The number of benzene rings is 1. The van der Waals surface area contributed by atoms with Gasteiger partial charge in [0.2, 0.25) is 10.0 Å². The van der Waals surface area contributed by atoms with E-state index >= 15 is 0 Å². The van der Waals surface area contributed by atoms with Crippen molar-refractivity contribution in [2.45, 2.75) is 17.9 Å².